The van der Waals surface area contributed by atoms with Gasteiger partial charge in [0.15, 0.2) is 5.69 Å². The van der Waals surface area contributed by atoms with Crippen molar-refractivity contribution in [2.75, 3.05) is 35.6 Å². The molecule has 0 spiro atoms. The molecule has 0 aliphatic carbocycles. The fourth-order valence-corrected chi connectivity index (χ4v) is 4.18. The third-order valence-electron chi connectivity index (χ3n) is 5.96. The fraction of sp³-hybridized carbons (Fsp3) is 0.304. The van der Waals surface area contributed by atoms with E-state index in [4.69, 9.17) is 14.8 Å². The highest BCUT2D eigenvalue weighted by Crippen LogP contribution is 2.34. The number of halogens is 1. The van der Waals surface area contributed by atoms with Crippen molar-refractivity contribution >= 4 is 45.9 Å². The molecule has 1 amide bonds. The smallest absolute Gasteiger partial charge is 0.277 e. The van der Waals surface area contributed by atoms with Gasteiger partial charge in [0.25, 0.3) is 5.91 Å². The van der Waals surface area contributed by atoms with Crippen molar-refractivity contribution < 1.29 is 19.0 Å². The number of aromatic nitrogens is 4. The first-order chi connectivity index (χ1) is 17.0. The summed E-state index contributed by atoms with van der Waals surface area (Å²) >= 11 is 3.64. The standard InChI is InChI=1S/C23H25N7O3.ClHO/c1-29-11-16-8-18(20(10-17(16)28-29)30-6-3-14(12-31)4-7-30)26-22(32)19-13-33-23(27-19)15-2-5-25-21(24)9-15;1-2/h2,5,8-11,13-14,31H,3-4,6-7,12H2,1H3,(H2,24,25)(H,26,32);2H. The van der Waals surface area contributed by atoms with Gasteiger partial charge in [0.1, 0.15) is 12.1 Å². The molecule has 1 fully saturated rings. The zero-order valence-electron chi connectivity index (χ0n) is 19.1. The number of aliphatic hydroxyl groups excluding tert-OH is 1. The summed E-state index contributed by atoms with van der Waals surface area (Å²) in [4.78, 5) is 23.6. The van der Waals surface area contributed by atoms with Crippen molar-refractivity contribution in [3.63, 3.8) is 0 Å². The average molecular weight is 500 g/mol. The Kier molecular flexibility index (Phi) is 7.49. The number of nitrogens with zero attached hydrogens (tertiary/aromatic N) is 5. The molecule has 1 aliphatic rings. The Morgan fingerprint density at radius 1 is 1.29 bits per heavy atom. The van der Waals surface area contributed by atoms with Gasteiger partial charge < -0.3 is 25.5 Å². The van der Waals surface area contributed by atoms with Gasteiger partial charge in [-0.3, -0.25) is 14.1 Å². The number of anilines is 3. The van der Waals surface area contributed by atoms with E-state index in [1.165, 1.54) is 6.26 Å². The number of carbonyl (C=O) groups is 1. The van der Waals surface area contributed by atoms with Gasteiger partial charge in [0, 0.05) is 50.1 Å². The molecule has 184 valence electrons. The van der Waals surface area contributed by atoms with Crippen LogP contribution in [-0.4, -0.2) is 55.1 Å². The van der Waals surface area contributed by atoms with Gasteiger partial charge in [-0.15, -0.1) is 0 Å². The number of aryl methyl sites for hydroxylation is 1. The SMILES string of the molecule is Cn1cc2cc(NC(=O)c3coc(-c4ccnc(N)c4)n3)c(N3CCC(CO)CC3)cc2n1.OCl. The number of benzene rings is 1. The molecule has 1 aliphatic heterocycles. The molecule has 5 rings (SSSR count). The second-order valence-electron chi connectivity index (χ2n) is 8.31. The lowest BCUT2D eigenvalue weighted by atomic mass is 9.97. The molecule has 0 radical (unpaired) electrons. The number of oxazole rings is 1. The molecule has 5 N–H and O–H groups in total. The number of nitrogens with two attached hydrogens (primary N) is 1. The highest BCUT2D eigenvalue weighted by molar-refractivity contribution is 6.06. The first-order valence-electron chi connectivity index (χ1n) is 11.0. The summed E-state index contributed by atoms with van der Waals surface area (Å²) in [6, 6.07) is 7.28. The van der Waals surface area contributed by atoms with Crippen LogP contribution in [0.15, 0.2) is 47.3 Å². The maximum Gasteiger partial charge on any atom is 0.277 e. The topological polar surface area (TPSA) is 156 Å². The minimum Gasteiger partial charge on any atom is -0.444 e. The molecule has 1 aromatic carbocycles. The molecule has 11 nitrogen and oxygen atoms in total. The zero-order valence-corrected chi connectivity index (χ0v) is 19.8. The van der Waals surface area contributed by atoms with E-state index in [1.54, 1.807) is 23.0 Å². The highest BCUT2D eigenvalue weighted by Gasteiger charge is 2.23. The molecule has 0 saturated carbocycles. The molecule has 1 saturated heterocycles. The number of aliphatic hydroxyl groups is 1. The quantitative estimate of drug-likeness (QED) is 0.324. The van der Waals surface area contributed by atoms with E-state index in [1.807, 2.05) is 25.4 Å². The third kappa shape index (κ3) is 5.37. The van der Waals surface area contributed by atoms with Crippen LogP contribution in [-0.2, 0) is 7.05 Å². The van der Waals surface area contributed by atoms with Crippen molar-refractivity contribution in [1.82, 2.24) is 19.7 Å². The summed E-state index contributed by atoms with van der Waals surface area (Å²) in [6.45, 7) is 1.79. The minimum absolute atomic E-state index is 0.164. The van der Waals surface area contributed by atoms with Crippen molar-refractivity contribution in [1.29, 1.82) is 0 Å². The minimum atomic E-state index is -0.373. The summed E-state index contributed by atoms with van der Waals surface area (Å²) < 4.78 is 13.7. The summed E-state index contributed by atoms with van der Waals surface area (Å²) in [5, 5.41) is 17.9. The molecule has 4 heterocycles. The maximum absolute atomic E-state index is 13.1. The van der Waals surface area contributed by atoms with Crippen LogP contribution in [0.5, 0.6) is 0 Å². The van der Waals surface area contributed by atoms with Gasteiger partial charge in [-0.2, -0.15) is 5.10 Å². The molecular weight excluding hydrogens is 474 g/mol. The number of amides is 1. The molecule has 0 bridgehead atoms. The zero-order chi connectivity index (χ0) is 24.9. The highest BCUT2D eigenvalue weighted by atomic mass is 35.5. The van der Waals surface area contributed by atoms with E-state index in [2.05, 4.69) is 37.1 Å². The Balaban J connectivity index is 0.00000141. The molecule has 12 heteroatoms. The summed E-state index contributed by atoms with van der Waals surface area (Å²) in [7, 11) is 1.87. The van der Waals surface area contributed by atoms with E-state index in [0.29, 0.717) is 28.9 Å². The molecule has 0 unspecified atom stereocenters. The normalized spacial score (nSPS) is 14.0. The van der Waals surface area contributed by atoms with Gasteiger partial charge in [-0.05, 0) is 43.0 Å². The Morgan fingerprint density at radius 3 is 2.77 bits per heavy atom. The Labute approximate surface area is 206 Å². The molecule has 35 heavy (non-hydrogen) atoms. The number of hydrogen-bond acceptors (Lipinski definition) is 9. The van der Waals surface area contributed by atoms with Gasteiger partial charge in [0.2, 0.25) is 5.89 Å². The van der Waals surface area contributed by atoms with Gasteiger partial charge in [0.05, 0.1) is 28.8 Å². The first kappa shape index (κ1) is 24.5. The van der Waals surface area contributed by atoms with E-state index in [9.17, 15) is 9.90 Å². The second-order valence-corrected chi connectivity index (χ2v) is 8.31. The van der Waals surface area contributed by atoms with Crippen molar-refractivity contribution in [2.45, 2.75) is 12.8 Å². The van der Waals surface area contributed by atoms with E-state index in [0.717, 1.165) is 42.5 Å². The number of carbonyl (C=O) groups excluding carboxylic acids is 1. The molecule has 4 aromatic rings. The van der Waals surface area contributed by atoms with Crippen LogP contribution >= 0.6 is 11.9 Å². The lowest BCUT2D eigenvalue weighted by molar-refractivity contribution is 0.102. The number of nitrogens with one attached hydrogen (secondary N) is 1. The predicted molar refractivity (Wildman–Crippen MR) is 133 cm³/mol. The second kappa shape index (κ2) is 10.7. The van der Waals surface area contributed by atoms with Gasteiger partial charge in [-0.1, -0.05) is 0 Å². The molecule has 0 atom stereocenters. The number of hydrogen-bond donors (Lipinski definition) is 4. The molecular formula is C23H26ClN7O4. The van der Waals surface area contributed by atoms with Crippen molar-refractivity contribution in [3.8, 4) is 11.5 Å². The maximum atomic E-state index is 13.1. The first-order valence-corrected chi connectivity index (χ1v) is 11.3. The Morgan fingerprint density at radius 2 is 2.06 bits per heavy atom. The largest absolute Gasteiger partial charge is 0.444 e. The van der Waals surface area contributed by atoms with Crippen LogP contribution in [0, 0.1) is 5.92 Å². The summed E-state index contributed by atoms with van der Waals surface area (Å²) in [5.41, 5.74) is 8.98. The Hall–Kier alpha value is -3.67. The van der Waals surface area contributed by atoms with Crippen LogP contribution in [0.3, 0.4) is 0 Å². The van der Waals surface area contributed by atoms with E-state index in [-0.39, 0.29) is 18.2 Å². The van der Waals surface area contributed by atoms with Crippen molar-refractivity contribution in [2.24, 2.45) is 13.0 Å². The fourth-order valence-electron chi connectivity index (χ4n) is 4.18. The van der Waals surface area contributed by atoms with E-state index >= 15 is 0 Å². The van der Waals surface area contributed by atoms with Crippen molar-refractivity contribution in [3.05, 3.63) is 48.6 Å². The summed E-state index contributed by atoms with van der Waals surface area (Å²) in [6.07, 6.45) is 6.59. The van der Waals surface area contributed by atoms with Gasteiger partial charge >= 0.3 is 0 Å². The van der Waals surface area contributed by atoms with E-state index < -0.39 is 0 Å². The number of fused-ring (bicyclic) bond motifs is 1. The van der Waals surface area contributed by atoms with Crippen LogP contribution < -0.4 is 16.0 Å². The third-order valence-corrected chi connectivity index (χ3v) is 5.96. The lowest BCUT2D eigenvalue weighted by Gasteiger charge is -2.34. The number of piperidine rings is 1. The number of nitrogen functional groups attached to an aromatic ring is 1. The number of rotatable bonds is 5. The molecule has 3 aromatic heterocycles. The monoisotopic (exact) mass is 499 g/mol. The number of pyridine rings is 1. The Bertz CT molecular complexity index is 1310. The predicted octanol–water partition coefficient (Wildman–Crippen LogP) is 2.80. The average Bonchev–Trinajstić information content (AvgIpc) is 3.51. The van der Waals surface area contributed by atoms with Gasteiger partial charge in [-0.25, -0.2) is 9.97 Å². The lowest BCUT2D eigenvalue weighted by Crippen LogP contribution is -2.35. The van der Waals surface area contributed by atoms with Crippen LogP contribution in [0.4, 0.5) is 17.2 Å². The van der Waals surface area contributed by atoms with Crippen LogP contribution in [0.25, 0.3) is 22.4 Å². The van der Waals surface area contributed by atoms with Crippen LogP contribution in [0.1, 0.15) is 23.3 Å². The summed E-state index contributed by atoms with van der Waals surface area (Å²) in [5.74, 6) is 0.578. The van der Waals surface area contributed by atoms with Crippen LogP contribution in [0.2, 0.25) is 0 Å².